The van der Waals surface area contributed by atoms with Crippen molar-refractivity contribution in [2.45, 2.75) is 26.2 Å². The van der Waals surface area contributed by atoms with Gasteiger partial charge in [-0.25, -0.2) is 0 Å². The molecule has 0 atom stereocenters. The van der Waals surface area contributed by atoms with E-state index in [0.29, 0.717) is 21.3 Å². The van der Waals surface area contributed by atoms with Crippen LogP contribution >= 0.6 is 23.2 Å². The summed E-state index contributed by atoms with van der Waals surface area (Å²) in [5.74, 6) is -1.34. The molecule has 0 saturated heterocycles. The first kappa shape index (κ1) is 23.4. The lowest BCUT2D eigenvalue weighted by Crippen LogP contribution is -2.35. The van der Waals surface area contributed by atoms with Gasteiger partial charge in [-0.1, -0.05) is 23.2 Å². The molecule has 1 amide bonds. The van der Waals surface area contributed by atoms with Gasteiger partial charge in [-0.15, -0.1) is 0 Å². The van der Waals surface area contributed by atoms with E-state index < -0.39 is 18.5 Å². The molecule has 0 unspecified atom stereocenters. The average molecular weight is 447 g/mol. The van der Waals surface area contributed by atoms with E-state index in [1.165, 1.54) is 4.90 Å². The van der Waals surface area contributed by atoms with Gasteiger partial charge in [0, 0.05) is 34.3 Å². The van der Waals surface area contributed by atoms with Gasteiger partial charge in [-0.3, -0.25) is 14.4 Å². The van der Waals surface area contributed by atoms with Crippen molar-refractivity contribution in [3.8, 4) is 6.07 Å². The Labute approximate surface area is 184 Å². The number of hydrogen-bond donors (Lipinski definition) is 0. The molecule has 0 aromatic heterocycles. The fourth-order valence-electron chi connectivity index (χ4n) is 2.64. The first-order chi connectivity index (χ1) is 14.3. The Morgan fingerprint density at radius 1 is 1.07 bits per heavy atom. The Morgan fingerprint density at radius 3 is 2.40 bits per heavy atom. The number of ketones is 1. The quantitative estimate of drug-likeness (QED) is 0.409. The van der Waals surface area contributed by atoms with Gasteiger partial charge < -0.3 is 9.64 Å². The Hall–Kier alpha value is -2.88. The minimum atomic E-state index is -0.654. The second-order valence-electron chi connectivity index (χ2n) is 6.48. The second-order valence-corrected chi connectivity index (χ2v) is 7.32. The van der Waals surface area contributed by atoms with Gasteiger partial charge in [0.15, 0.2) is 12.4 Å². The van der Waals surface area contributed by atoms with E-state index in [0.717, 1.165) is 5.56 Å². The molecular formula is C22H20Cl2N2O4. The largest absolute Gasteiger partial charge is 0.456 e. The van der Waals surface area contributed by atoms with Crippen LogP contribution in [0.15, 0.2) is 42.5 Å². The highest BCUT2D eigenvalue weighted by molar-refractivity contribution is 6.31. The number of halogens is 2. The summed E-state index contributed by atoms with van der Waals surface area (Å²) in [6.07, 6.45) is -0.0624. The van der Waals surface area contributed by atoms with Crippen molar-refractivity contribution in [2.75, 3.05) is 18.1 Å². The summed E-state index contributed by atoms with van der Waals surface area (Å²) in [7, 11) is 0. The third-order valence-electron chi connectivity index (χ3n) is 4.28. The number of esters is 1. The van der Waals surface area contributed by atoms with Crippen molar-refractivity contribution >= 4 is 46.5 Å². The number of amides is 1. The van der Waals surface area contributed by atoms with Crippen molar-refractivity contribution < 1.29 is 19.1 Å². The van der Waals surface area contributed by atoms with Gasteiger partial charge in [-0.05, 0) is 55.0 Å². The summed E-state index contributed by atoms with van der Waals surface area (Å²) < 4.78 is 5.03. The number of benzene rings is 2. The molecule has 0 bridgehead atoms. The van der Waals surface area contributed by atoms with Crippen molar-refractivity contribution in [1.29, 1.82) is 5.26 Å². The van der Waals surface area contributed by atoms with Crippen molar-refractivity contribution in [3.05, 3.63) is 63.6 Å². The molecule has 2 rings (SSSR count). The maximum Gasteiger partial charge on any atom is 0.306 e. The molecule has 8 heteroatoms. The van der Waals surface area contributed by atoms with Gasteiger partial charge in [-0.2, -0.15) is 5.26 Å². The first-order valence-corrected chi connectivity index (χ1v) is 9.95. The molecular weight excluding hydrogens is 427 g/mol. The molecule has 6 nitrogen and oxygen atoms in total. The normalized spacial score (nSPS) is 10.2. The van der Waals surface area contributed by atoms with E-state index in [1.807, 2.05) is 6.07 Å². The summed E-state index contributed by atoms with van der Waals surface area (Å²) in [5.41, 5.74) is 1.79. The molecule has 0 N–H and O–H groups in total. The monoisotopic (exact) mass is 446 g/mol. The first-order valence-electron chi connectivity index (χ1n) is 9.19. The lowest BCUT2D eigenvalue weighted by atomic mass is 10.1. The lowest BCUT2D eigenvalue weighted by Gasteiger charge is -2.22. The predicted molar refractivity (Wildman–Crippen MR) is 115 cm³/mol. The predicted octanol–water partition coefficient (Wildman–Crippen LogP) is 4.75. The van der Waals surface area contributed by atoms with Crippen molar-refractivity contribution in [1.82, 2.24) is 0 Å². The van der Waals surface area contributed by atoms with Crippen LogP contribution in [0.25, 0.3) is 0 Å². The lowest BCUT2D eigenvalue weighted by molar-refractivity contribution is -0.147. The van der Waals surface area contributed by atoms with E-state index in [4.69, 9.17) is 33.2 Å². The van der Waals surface area contributed by atoms with Gasteiger partial charge in [0.2, 0.25) is 0 Å². The van der Waals surface area contributed by atoms with Gasteiger partial charge in [0.25, 0.3) is 5.91 Å². The molecule has 0 heterocycles. The number of nitriles is 1. The van der Waals surface area contributed by atoms with E-state index >= 15 is 0 Å². The van der Waals surface area contributed by atoms with Crippen LogP contribution in [-0.2, 0) is 14.3 Å². The fourth-order valence-corrected chi connectivity index (χ4v) is 2.89. The maximum absolute atomic E-state index is 12.6. The second kappa shape index (κ2) is 11.3. The van der Waals surface area contributed by atoms with Crippen LogP contribution in [0.4, 0.5) is 5.69 Å². The third-order valence-corrected chi connectivity index (χ3v) is 4.96. The molecule has 0 aliphatic heterocycles. The zero-order chi connectivity index (χ0) is 22.1. The van der Waals surface area contributed by atoms with Crippen LogP contribution in [0.2, 0.25) is 10.0 Å². The third kappa shape index (κ3) is 6.87. The molecule has 2 aromatic carbocycles. The maximum atomic E-state index is 12.6. The SMILES string of the molecule is Cc1cc(N(CCC#N)C(=O)COC(=O)CCC(=O)c2ccc(Cl)cc2)ccc1Cl. The highest BCUT2D eigenvalue weighted by Gasteiger charge is 2.19. The van der Waals surface area contributed by atoms with Crippen LogP contribution in [0.5, 0.6) is 0 Å². The molecule has 0 radical (unpaired) electrons. The summed E-state index contributed by atoms with van der Waals surface area (Å²) in [5, 5.41) is 9.93. The zero-order valence-electron chi connectivity index (χ0n) is 16.4. The minimum absolute atomic E-state index is 0.0385. The summed E-state index contributed by atoms with van der Waals surface area (Å²) in [6, 6.07) is 13.4. The van der Waals surface area contributed by atoms with Gasteiger partial charge in [0.1, 0.15) is 0 Å². The smallest absolute Gasteiger partial charge is 0.306 e. The topological polar surface area (TPSA) is 87.5 Å². The molecule has 0 aliphatic carbocycles. The van der Waals surface area contributed by atoms with Crippen LogP contribution in [0.3, 0.4) is 0 Å². The number of carbonyl (C=O) groups excluding carboxylic acids is 3. The Kier molecular flexibility index (Phi) is 8.85. The van der Waals surface area contributed by atoms with E-state index in [2.05, 4.69) is 0 Å². The number of Topliss-reactive ketones (excluding diaryl/α,β-unsaturated/α-hetero) is 1. The minimum Gasteiger partial charge on any atom is -0.456 e. The number of rotatable bonds is 9. The van der Waals surface area contributed by atoms with Crippen LogP contribution in [0.1, 0.15) is 35.2 Å². The summed E-state index contributed by atoms with van der Waals surface area (Å²) >= 11 is 11.8. The highest BCUT2D eigenvalue weighted by Crippen LogP contribution is 2.23. The number of nitrogens with zero attached hydrogens (tertiary/aromatic N) is 2. The fraction of sp³-hybridized carbons (Fsp3) is 0.273. The average Bonchev–Trinajstić information content (AvgIpc) is 2.73. The molecule has 2 aromatic rings. The molecule has 30 heavy (non-hydrogen) atoms. The van der Waals surface area contributed by atoms with E-state index in [-0.39, 0.29) is 31.6 Å². The Morgan fingerprint density at radius 2 is 1.77 bits per heavy atom. The molecule has 0 aliphatic rings. The van der Waals surface area contributed by atoms with Crippen molar-refractivity contribution in [2.24, 2.45) is 0 Å². The van der Waals surface area contributed by atoms with Gasteiger partial charge >= 0.3 is 5.97 Å². The number of anilines is 1. The number of ether oxygens (including phenoxy) is 1. The highest BCUT2D eigenvalue weighted by atomic mass is 35.5. The van der Waals surface area contributed by atoms with E-state index in [9.17, 15) is 14.4 Å². The Bertz CT molecular complexity index is 968. The van der Waals surface area contributed by atoms with Crippen LogP contribution < -0.4 is 4.90 Å². The summed E-state index contributed by atoms with van der Waals surface area (Å²) in [4.78, 5) is 38.0. The number of aryl methyl sites for hydroxylation is 1. The molecule has 0 spiro atoms. The molecule has 0 fully saturated rings. The van der Waals surface area contributed by atoms with Crippen molar-refractivity contribution in [3.63, 3.8) is 0 Å². The molecule has 0 saturated carbocycles. The summed E-state index contributed by atoms with van der Waals surface area (Å²) in [6.45, 7) is 1.47. The number of carbonyl (C=O) groups is 3. The van der Waals surface area contributed by atoms with Gasteiger partial charge in [0.05, 0.1) is 18.9 Å². The van der Waals surface area contributed by atoms with Crippen LogP contribution in [-0.4, -0.2) is 30.8 Å². The standard InChI is InChI=1S/C22H20Cl2N2O4/c1-15-13-18(7-8-19(15)24)26(12-2-11-25)21(28)14-30-22(29)10-9-20(27)16-3-5-17(23)6-4-16/h3-8,13H,2,9-10,12,14H2,1H3. The van der Waals surface area contributed by atoms with E-state index in [1.54, 1.807) is 49.4 Å². The van der Waals surface area contributed by atoms with Crippen LogP contribution in [0, 0.1) is 18.3 Å². The molecule has 156 valence electrons. The number of hydrogen-bond acceptors (Lipinski definition) is 5. The Balaban J connectivity index is 1.91. The zero-order valence-corrected chi connectivity index (χ0v) is 17.9.